The number of aromatic nitrogens is 5. The first-order valence-electron chi connectivity index (χ1n) is 13.2. The molecule has 3 N–H and O–H groups in total. The number of anilines is 2. The van der Waals surface area contributed by atoms with Gasteiger partial charge in [-0.3, -0.25) is 14.0 Å². The Morgan fingerprint density at radius 2 is 1.90 bits per heavy atom. The number of carbonyl (C=O) groups is 2. The molecule has 1 aromatic carbocycles. The number of rotatable bonds is 9. The van der Waals surface area contributed by atoms with Gasteiger partial charge in [-0.2, -0.15) is 5.10 Å². The molecule has 0 unspecified atom stereocenters. The van der Waals surface area contributed by atoms with Gasteiger partial charge >= 0.3 is 0 Å². The second-order valence-corrected chi connectivity index (χ2v) is 9.53. The standard InChI is InChI=1S/C27H31F2N9O3/c1-3-17-12-18(4-5-19(17)27(40)36-10-8-35(9-11-36)22(39)13-30)33-25-26-32-14-21(38(26)7-6-31-25)20-15-37(16-41-2)34-23(20)24(28)29/h4-7,12,14-15,24H,3,8-11,13,16,30H2,1-2H3,(H,31,33). The number of carbonyl (C=O) groups excluding carboxylic acids is 2. The molecule has 216 valence electrons. The van der Waals surface area contributed by atoms with Gasteiger partial charge in [-0.05, 0) is 30.2 Å². The third kappa shape index (κ3) is 5.60. The third-order valence-corrected chi connectivity index (χ3v) is 7.04. The van der Waals surface area contributed by atoms with Crippen LogP contribution in [0.15, 0.2) is 43.0 Å². The highest BCUT2D eigenvalue weighted by Crippen LogP contribution is 2.32. The molecular formula is C27H31F2N9O3. The monoisotopic (exact) mass is 567 g/mol. The summed E-state index contributed by atoms with van der Waals surface area (Å²) in [5.41, 5.74) is 8.35. The number of nitrogens with zero attached hydrogens (tertiary/aromatic N) is 7. The van der Waals surface area contributed by atoms with E-state index in [1.54, 1.807) is 38.7 Å². The molecule has 0 atom stereocenters. The smallest absolute Gasteiger partial charge is 0.282 e. The number of benzene rings is 1. The van der Waals surface area contributed by atoms with E-state index >= 15 is 0 Å². The molecule has 0 bridgehead atoms. The summed E-state index contributed by atoms with van der Waals surface area (Å²) in [4.78, 5) is 37.5. The van der Waals surface area contributed by atoms with Gasteiger partial charge in [0.25, 0.3) is 12.3 Å². The second kappa shape index (κ2) is 12.0. The largest absolute Gasteiger partial charge is 0.362 e. The van der Waals surface area contributed by atoms with Crippen LogP contribution in [0.4, 0.5) is 20.3 Å². The number of nitrogens with two attached hydrogens (primary N) is 1. The number of piperazine rings is 1. The molecule has 1 aliphatic heterocycles. The van der Waals surface area contributed by atoms with E-state index in [2.05, 4.69) is 20.4 Å². The first kappa shape index (κ1) is 28.1. The first-order chi connectivity index (χ1) is 19.8. The highest BCUT2D eigenvalue weighted by atomic mass is 19.3. The second-order valence-electron chi connectivity index (χ2n) is 9.53. The van der Waals surface area contributed by atoms with Crippen LogP contribution in [-0.4, -0.2) is 85.6 Å². The van der Waals surface area contributed by atoms with Crippen LogP contribution in [-0.2, 0) is 22.7 Å². The predicted molar refractivity (Wildman–Crippen MR) is 147 cm³/mol. The van der Waals surface area contributed by atoms with Crippen molar-refractivity contribution in [2.75, 3.05) is 45.2 Å². The van der Waals surface area contributed by atoms with Crippen molar-refractivity contribution in [1.82, 2.24) is 33.9 Å². The lowest BCUT2D eigenvalue weighted by Gasteiger charge is -2.35. The lowest BCUT2D eigenvalue weighted by Crippen LogP contribution is -2.52. The molecule has 1 aliphatic rings. The Morgan fingerprint density at radius 1 is 1.15 bits per heavy atom. The zero-order valence-corrected chi connectivity index (χ0v) is 22.8. The Labute approximate surface area is 234 Å². The van der Waals surface area contributed by atoms with Gasteiger partial charge in [-0.1, -0.05) is 6.92 Å². The van der Waals surface area contributed by atoms with Crippen LogP contribution < -0.4 is 11.1 Å². The number of imidazole rings is 1. The number of nitrogens with one attached hydrogen (secondary N) is 1. The fourth-order valence-electron chi connectivity index (χ4n) is 4.97. The normalized spacial score (nSPS) is 13.8. The molecule has 2 amide bonds. The Hall–Kier alpha value is -4.43. The van der Waals surface area contributed by atoms with E-state index in [9.17, 15) is 18.4 Å². The summed E-state index contributed by atoms with van der Waals surface area (Å²) >= 11 is 0. The van der Waals surface area contributed by atoms with Crippen molar-refractivity contribution < 1.29 is 23.1 Å². The van der Waals surface area contributed by atoms with Gasteiger partial charge in [0, 0.05) is 68.7 Å². The minimum atomic E-state index is -2.78. The topological polar surface area (TPSA) is 136 Å². The van der Waals surface area contributed by atoms with Gasteiger partial charge in [0.05, 0.1) is 18.4 Å². The molecule has 0 saturated carbocycles. The molecular weight excluding hydrogens is 536 g/mol. The molecule has 41 heavy (non-hydrogen) atoms. The fraction of sp³-hybridized carbons (Fsp3) is 0.370. The highest BCUT2D eigenvalue weighted by Gasteiger charge is 2.26. The van der Waals surface area contributed by atoms with Gasteiger partial charge in [0.15, 0.2) is 11.5 Å². The Balaban J connectivity index is 1.38. The molecule has 3 aromatic heterocycles. The van der Waals surface area contributed by atoms with Crippen molar-refractivity contribution in [2.45, 2.75) is 26.5 Å². The van der Waals surface area contributed by atoms with Gasteiger partial charge < -0.3 is 25.6 Å². The van der Waals surface area contributed by atoms with Crippen LogP contribution in [0.5, 0.6) is 0 Å². The van der Waals surface area contributed by atoms with E-state index in [1.165, 1.54) is 24.2 Å². The lowest BCUT2D eigenvalue weighted by molar-refractivity contribution is -0.131. The molecule has 0 aliphatic carbocycles. The molecule has 4 heterocycles. The zero-order valence-electron chi connectivity index (χ0n) is 22.8. The SMILES string of the molecule is CCc1cc(Nc2nccn3c(-c4cn(COC)nc4C(F)F)cnc23)ccc1C(=O)N1CCN(C(=O)CN)CC1. The molecule has 0 radical (unpaired) electrons. The zero-order chi connectivity index (χ0) is 29.1. The number of methoxy groups -OCH3 is 1. The molecule has 14 heteroatoms. The Morgan fingerprint density at radius 3 is 2.59 bits per heavy atom. The average molecular weight is 568 g/mol. The Bertz CT molecular complexity index is 1560. The van der Waals surface area contributed by atoms with Gasteiger partial charge in [0.1, 0.15) is 12.4 Å². The molecule has 12 nitrogen and oxygen atoms in total. The predicted octanol–water partition coefficient (Wildman–Crippen LogP) is 2.68. The van der Waals surface area contributed by atoms with Crippen molar-refractivity contribution >= 4 is 29.0 Å². The minimum Gasteiger partial charge on any atom is -0.362 e. The van der Waals surface area contributed by atoms with Gasteiger partial charge in [0.2, 0.25) is 5.91 Å². The summed E-state index contributed by atoms with van der Waals surface area (Å²) in [6, 6.07) is 5.45. The number of fused-ring (bicyclic) bond motifs is 1. The van der Waals surface area contributed by atoms with Crippen molar-refractivity contribution in [2.24, 2.45) is 5.73 Å². The Kier molecular flexibility index (Phi) is 8.21. The van der Waals surface area contributed by atoms with Crippen molar-refractivity contribution in [3.05, 3.63) is 59.8 Å². The summed E-state index contributed by atoms with van der Waals surface area (Å²) < 4.78 is 35.5. The molecule has 0 spiro atoms. The maximum atomic E-state index is 13.8. The average Bonchev–Trinajstić information content (AvgIpc) is 3.61. The van der Waals surface area contributed by atoms with E-state index < -0.39 is 6.43 Å². The van der Waals surface area contributed by atoms with E-state index in [1.807, 2.05) is 13.0 Å². The van der Waals surface area contributed by atoms with Gasteiger partial charge in [-0.25, -0.2) is 23.4 Å². The molecule has 1 fully saturated rings. The lowest BCUT2D eigenvalue weighted by atomic mass is 10.0. The number of aryl methyl sites for hydroxylation is 1. The number of ether oxygens (including phenoxy) is 1. The molecule has 1 saturated heterocycles. The maximum absolute atomic E-state index is 13.8. The fourth-order valence-corrected chi connectivity index (χ4v) is 4.97. The van der Waals surface area contributed by atoms with E-state index in [0.29, 0.717) is 61.0 Å². The van der Waals surface area contributed by atoms with Crippen molar-refractivity contribution in [3.8, 4) is 11.3 Å². The van der Waals surface area contributed by atoms with Crippen molar-refractivity contribution in [1.29, 1.82) is 0 Å². The summed E-state index contributed by atoms with van der Waals surface area (Å²) in [5, 5.41) is 7.21. The van der Waals surface area contributed by atoms with Crippen LogP contribution in [0.2, 0.25) is 0 Å². The van der Waals surface area contributed by atoms with E-state index in [4.69, 9.17) is 10.5 Å². The molecule has 4 aromatic rings. The van der Waals surface area contributed by atoms with Gasteiger partial charge in [-0.15, -0.1) is 0 Å². The number of hydrogen-bond donors (Lipinski definition) is 2. The van der Waals surface area contributed by atoms with Crippen LogP contribution in [0.25, 0.3) is 16.9 Å². The summed E-state index contributed by atoms with van der Waals surface area (Å²) in [5.74, 6) is 0.212. The third-order valence-electron chi connectivity index (χ3n) is 7.04. The van der Waals surface area contributed by atoms with Crippen LogP contribution >= 0.6 is 0 Å². The summed E-state index contributed by atoms with van der Waals surface area (Å²) in [6.45, 7) is 3.76. The quantitative estimate of drug-likeness (QED) is 0.315. The number of amides is 2. The number of halogens is 2. The number of alkyl halides is 2. The molecule has 5 rings (SSSR count). The first-order valence-corrected chi connectivity index (χ1v) is 13.2. The van der Waals surface area contributed by atoms with E-state index in [0.717, 1.165) is 5.56 Å². The van der Waals surface area contributed by atoms with Crippen LogP contribution in [0.3, 0.4) is 0 Å². The van der Waals surface area contributed by atoms with E-state index in [-0.39, 0.29) is 36.3 Å². The maximum Gasteiger partial charge on any atom is 0.282 e. The number of hydrogen-bond acceptors (Lipinski definition) is 8. The van der Waals surface area contributed by atoms with Crippen LogP contribution in [0.1, 0.15) is 35.0 Å². The van der Waals surface area contributed by atoms with Crippen LogP contribution in [0, 0.1) is 0 Å². The minimum absolute atomic E-state index is 0.0350. The van der Waals surface area contributed by atoms with Crippen molar-refractivity contribution in [3.63, 3.8) is 0 Å². The summed E-state index contributed by atoms with van der Waals surface area (Å²) in [7, 11) is 1.46. The summed E-state index contributed by atoms with van der Waals surface area (Å²) in [6.07, 6.45) is 4.04. The highest BCUT2D eigenvalue weighted by molar-refractivity contribution is 5.96.